The average molecular weight is 298 g/mol. The minimum absolute atomic E-state index is 0.383. The molecule has 1 aliphatic heterocycles. The quantitative estimate of drug-likeness (QED) is 0.818. The van der Waals surface area contributed by atoms with Crippen LogP contribution in [-0.2, 0) is 4.79 Å². The van der Waals surface area contributed by atoms with Gasteiger partial charge in [-0.25, -0.2) is 0 Å². The third-order valence-electron chi connectivity index (χ3n) is 4.38. The Balaban J connectivity index is 1.81. The van der Waals surface area contributed by atoms with Crippen LogP contribution >= 0.6 is 11.8 Å². The molecule has 1 aliphatic carbocycles. The van der Waals surface area contributed by atoms with Gasteiger partial charge in [-0.3, -0.25) is 4.79 Å². The summed E-state index contributed by atoms with van der Waals surface area (Å²) in [5.74, 6) is 1.64. The molecule has 2 rings (SSSR count). The van der Waals surface area contributed by atoms with Crippen molar-refractivity contribution in [1.82, 2.24) is 10.2 Å². The van der Waals surface area contributed by atoms with Crippen molar-refractivity contribution < 1.29 is 4.79 Å². The predicted octanol–water partition coefficient (Wildman–Crippen LogP) is 2.90. The molecule has 1 N–H and O–H groups in total. The molecule has 116 valence electrons. The number of thioether (sulfide) groups is 1. The van der Waals surface area contributed by atoms with Crippen LogP contribution in [0.15, 0.2) is 0 Å². The zero-order valence-corrected chi connectivity index (χ0v) is 13.9. The van der Waals surface area contributed by atoms with Crippen LogP contribution in [0.5, 0.6) is 0 Å². The Hall–Kier alpha value is -0.220. The number of nitrogens with zero attached hydrogens (tertiary/aromatic N) is 1. The molecule has 20 heavy (non-hydrogen) atoms. The van der Waals surface area contributed by atoms with Crippen molar-refractivity contribution in [3.63, 3.8) is 0 Å². The first-order valence-electron chi connectivity index (χ1n) is 8.28. The fourth-order valence-electron chi connectivity index (χ4n) is 3.30. The summed E-state index contributed by atoms with van der Waals surface area (Å²) >= 11 is 1.89. The Bertz CT molecular complexity index is 297. The molecule has 3 nitrogen and oxygen atoms in total. The van der Waals surface area contributed by atoms with Gasteiger partial charge in [0.25, 0.3) is 0 Å². The number of hydrogen-bond acceptors (Lipinski definition) is 3. The van der Waals surface area contributed by atoms with Crippen molar-refractivity contribution in [1.29, 1.82) is 0 Å². The summed E-state index contributed by atoms with van der Waals surface area (Å²) < 4.78 is 0. The van der Waals surface area contributed by atoms with Crippen LogP contribution in [0.3, 0.4) is 0 Å². The largest absolute Gasteiger partial charge is 0.339 e. The highest BCUT2D eigenvalue weighted by Crippen LogP contribution is 2.26. The van der Waals surface area contributed by atoms with Crippen molar-refractivity contribution in [2.45, 2.75) is 63.7 Å². The Labute approximate surface area is 128 Å². The van der Waals surface area contributed by atoms with Crippen LogP contribution in [-0.4, -0.2) is 47.5 Å². The predicted molar refractivity (Wildman–Crippen MR) is 87.2 cm³/mol. The number of amides is 1. The van der Waals surface area contributed by atoms with Crippen molar-refractivity contribution in [3.8, 4) is 0 Å². The Morgan fingerprint density at radius 3 is 2.45 bits per heavy atom. The van der Waals surface area contributed by atoms with E-state index in [1.807, 2.05) is 11.8 Å². The molecule has 0 unspecified atom stereocenters. The van der Waals surface area contributed by atoms with Gasteiger partial charge < -0.3 is 10.2 Å². The zero-order valence-electron chi connectivity index (χ0n) is 13.1. The van der Waals surface area contributed by atoms with Gasteiger partial charge in [0.2, 0.25) is 5.91 Å². The molecule has 0 aromatic rings. The second-order valence-corrected chi connectivity index (χ2v) is 7.93. The maximum atomic E-state index is 12.6. The van der Waals surface area contributed by atoms with E-state index in [1.165, 1.54) is 38.5 Å². The molecule has 1 saturated carbocycles. The molecule has 1 saturated heterocycles. The van der Waals surface area contributed by atoms with Crippen molar-refractivity contribution in [3.05, 3.63) is 0 Å². The van der Waals surface area contributed by atoms with E-state index in [-0.39, 0.29) is 0 Å². The Morgan fingerprint density at radius 1 is 1.20 bits per heavy atom. The smallest absolute Gasteiger partial charge is 0.232 e. The summed E-state index contributed by atoms with van der Waals surface area (Å²) in [6.07, 6.45) is 7.46. The molecular weight excluding hydrogens is 268 g/mol. The summed E-state index contributed by atoms with van der Waals surface area (Å²) in [4.78, 5) is 14.8. The Morgan fingerprint density at radius 2 is 1.85 bits per heavy atom. The molecule has 4 heteroatoms. The van der Waals surface area contributed by atoms with Crippen LogP contribution in [0, 0.1) is 5.92 Å². The van der Waals surface area contributed by atoms with Crippen molar-refractivity contribution in [2.24, 2.45) is 5.92 Å². The number of hydrogen-bond donors (Lipinski definition) is 1. The van der Waals surface area contributed by atoms with Gasteiger partial charge in [-0.2, -0.15) is 0 Å². The highest BCUT2D eigenvalue weighted by molar-refractivity contribution is 8.00. The summed E-state index contributed by atoms with van der Waals surface area (Å²) in [5.41, 5.74) is 0. The lowest BCUT2D eigenvalue weighted by Gasteiger charge is -2.31. The number of rotatable bonds is 6. The van der Waals surface area contributed by atoms with Gasteiger partial charge in [0, 0.05) is 17.8 Å². The van der Waals surface area contributed by atoms with E-state index < -0.39 is 0 Å². The number of carbonyl (C=O) groups excluding carboxylic acids is 1. The third-order valence-corrected chi connectivity index (χ3v) is 5.73. The van der Waals surface area contributed by atoms with Crippen LogP contribution in [0.2, 0.25) is 0 Å². The SMILES string of the molecule is CC(C)CN(C(=O)CSC1CCNCC1)C1CCCC1. The molecule has 1 heterocycles. The molecule has 0 aromatic heterocycles. The van der Waals surface area contributed by atoms with Gasteiger partial charge in [-0.05, 0) is 44.7 Å². The fraction of sp³-hybridized carbons (Fsp3) is 0.938. The van der Waals surface area contributed by atoms with E-state index in [9.17, 15) is 4.79 Å². The van der Waals surface area contributed by atoms with Crippen molar-refractivity contribution >= 4 is 17.7 Å². The van der Waals surface area contributed by atoms with E-state index in [2.05, 4.69) is 24.1 Å². The maximum Gasteiger partial charge on any atom is 0.232 e. The van der Waals surface area contributed by atoms with Gasteiger partial charge in [-0.15, -0.1) is 11.8 Å². The minimum Gasteiger partial charge on any atom is -0.339 e. The molecule has 0 bridgehead atoms. The standard InChI is InChI=1S/C16H30N2OS/c1-13(2)11-18(14-5-3-4-6-14)16(19)12-20-15-7-9-17-10-8-15/h13-15,17H,3-12H2,1-2H3. The molecule has 0 atom stereocenters. The van der Waals surface area contributed by atoms with Gasteiger partial charge in [0.05, 0.1) is 5.75 Å². The number of piperidine rings is 1. The third kappa shape index (κ3) is 4.96. The van der Waals surface area contributed by atoms with Gasteiger partial charge >= 0.3 is 0 Å². The van der Waals surface area contributed by atoms with E-state index in [0.717, 1.165) is 19.6 Å². The summed E-state index contributed by atoms with van der Waals surface area (Å²) in [7, 11) is 0. The minimum atomic E-state index is 0.383. The first kappa shape index (κ1) is 16.2. The van der Waals surface area contributed by atoms with Crippen LogP contribution in [0.25, 0.3) is 0 Å². The van der Waals surface area contributed by atoms with Crippen LogP contribution in [0.1, 0.15) is 52.4 Å². The van der Waals surface area contributed by atoms with E-state index in [1.54, 1.807) is 0 Å². The molecule has 1 amide bonds. The van der Waals surface area contributed by atoms with Gasteiger partial charge in [-0.1, -0.05) is 26.7 Å². The van der Waals surface area contributed by atoms with Gasteiger partial charge in [0.15, 0.2) is 0 Å². The van der Waals surface area contributed by atoms with Gasteiger partial charge in [0.1, 0.15) is 0 Å². The number of carbonyl (C=O) groups is 1. The Kier molecular flexibility index (Phi) is 6.69. The summed E-state index contributed by atoms with van der Waals surface area (Å²) in [6.45, 7) is 7.61. The van der Waals surface area contributed by atoms with Crippen molar-refractivity contribution in [2.75, 3.05) is 25.4 Å². The highest BCUT2D eigenvalue weighted by Gasteiger charge is 2.27. The second kappa shape index (κ2) is 8.28. The molecule has 0 aromatic carbocycles. The summed E-state index contributed by atoms with van der Waals surface area (Å²) in [6, 6.07) is 0.526. The molecule has 0 radical (unpaired) electrons. The van der Waals surface area contributed by atoms with Crippen LogP contribution < -0.4 is 5.32 Å². The monoisotopic (exact) mass is 298 g/mol. The zero-order chi connectivity index (χ0) is 14.4. The normalized spacial score (nSPS) is 21.6. The molecule has 0 spiro atoms. The maximum absolute atomic E-state index is 12.6. The number of nitrogens with one attached hydrogen (secondary N) is 1. The topological polar surface area (TPSA) is 32.3 Å². The van der Waals surface area contributed by atoms with Crippen LogP contribution in [0.4, 0.5) is 0 Å². The molecule has 2 fully saturated rings. The lowest BCUT2D eigenvalue weighted by molar-refractivity contribution is -0.131. The van der Waals surface area contributed by atoms with E-state index in [0.29, 0.717) is 28.9 Å². The first-order valence-corrected chi connectivity index (χ1v) is 9.33. The molecule has 2 aliphatic rings. The van der Waals surface area contributed by atoms with E-state index in [4.69, 9.17) is 0 Å². The van der Waals surface area contributed by atoms with E-state index >= 15 is 0 Å². The second-order valence-electron chi connectivity index (χ2n) is 6.64. The summed E-state index contributed by atoms with van der Waals surface area (Å²) in [5, 5.41) is 4.07. The lowest BCUT2D eigenvalue weighted by Crippen LogP contribution is -2.42. The lowest BCUT2D eigenvalue weighted by atomic mass is 10.1. The highest BCUT2D eigenvalue weighted by atomic mass is 32.2. The molecular formula is C16H30N2OS. The fourth-order valence-corrected chi connectivity index (χ4v) is 4.41. The average Bonchev–Trinajstić information content (AvgIpc) is 2.97. The first-order chi connectivity index (χ1) is 9.66.